The van der Waals surface area contributed by atoms with Gasteiger partial charge in [-0.2, -0.15) is 0 Å². The average Bonchev–Trinajstić information content (AvgIpc) is 2.78. The molecule has 0 atom stereocenters. The zero-order valence-electron chi connectivity index (χ0n) is 9.72. The molecule has 4 heteroatoms. The number of nitrogens with zero attached hydrogens (tertiary/aromatic N) is 1. The molecule has 0 fully saturated rings. The van der Waals surface area contributed by atoms with Crippen molar-refractivity contribution in [2.24, 2.45) is 0 Å². The molecule has 1 aromatic rings. The number of rotatable bonds is 0. The first-order valence-electron chi connectivity index (χ1n) is 5.07. The zero-order chi connectivity index (χ0) is 12.7. The molecule has 2 nitrogen and oxygen atoms in total. The molecular formula is C13H10BrNOS. The fraction of sp³-hybridized carbons (Fsp3) is 0.231. The van der Waals surface area contributed by atoms with Gasteiger partial charge in [0.05, 0.1) is 10.4 Å². The number of carbonyl (C=O) groups excluding carboxylic acids is 1. The summed E-state index contributed by atoms with van der Waals surface area (Å²) in [7, 11) is 0. The molecule has 0 aliphatic heterocycles. The number of hydrogen-bond donors (Lipinski definition) is 0. The summed E-state index contributed by atoms with van der Waals surface area (Å²) in [6.45, 7) is 12.7. The normalized spacial score (nSPS) is 16.9. The van der Waals surface area contributed by atoms with Crippen molar-refractivity contribution in [1.29, 1.82) is 0 Å². The van der Waals surface area contributed by atoms with E-state index in [-0.39, 0.29) is 5.78 Å². The Morgan fingerprint density at radius 3 is 2.53 bits per heavy atom. The molecule has 1 aliphatic carbocycles. The highest BCUT2D eigenvalue weighted by Gasteiger charge is 2.34. The van der Waals surface area contributed by atoms with E-state index in [1.54, 1.807) is 6.92 Å². The van der Waals surface area contributed by atoms with E-state index >= 15 is 0 Å². The largest absolute Gasteiger partial charge is 0.289 e. The predicted octanol–water partition coefficient (Wildman–Crippen LogP) is 4.69. The third-order valence-corrected chi connectivity index (χ3v) is 4.47. The molecule has 0 unspecified atom stereocenters. The molecule has 0 radical (unpaired) electrons. The first-order valence-corrected chi connectivity index (χ1v) is 6.74. The fourth-order valence-electron chi connectivity index (χ4n) is 2.00. The number of allylic oxidation sites excluding steroid dienone is 4. The van der Waals surface area contributed by atoms with Crippen molar-refractivity contribution in [2.75, 3.05) is 0 Å². The predicted molar refractivity (Wildman–Crippen MR) is 73.9 cm³/mol. The van der Waals surface area contributed by atoms with E-state index in [1.165, 1.54) is 11.3 Å². The maximum absolute atomic E-state index is 12.3. The van der Waals surface area contributed by atoms with Gasteiger partial charge in [-0.3, -0.25) is 4.79 Å². The Labute approximate surface area is 113 Å². The van der Waals surface area contributed by atoms with Crippen LogP contribution in [0.25, 0.3) is 10.4 Å². The molecule has 1 aliphatic rings. The SMILES string of the molecule is [C-]#[N+]/C(C)=C1/C(=C(C)C)C(=O)c2csc(Br)c21. The van der Waals surface area contributed by atoms with Crippen LogP contribution in [0, 0.1) is 6.57 Å². The number of thiophene rings is 1. The van der Waals surface area contributed by atoms with Crippen LogP contribution in [-0.4, -0.2) is 5.78 Å². The van der Waals surface area contributed by atoms with Gasteiger partial charge in [0, 0.05) is 22.1 Å². The molecule has 0 aromatic carbocycles. The van der Waals surface area contributed by atoms with Gasteiger partial charge in [0.2, 0.25) is 0 Å². The lowest BCUT2D eigenvalue weighted by molar-refractivity contribution is 0.104. The molecule has 0 saturated heterocycles. The number of ketones is 1. The molecule has 0 N–H and O–H groups in total. The summed E-state index contributed by atoms with van der Waals surface area (Å²) in [4.78, 5) is 15.8. The lowest BCUT2D eigenvalue weighted by Crippen LogP contribution is -1.97. The van der Waals surface area contributed by atoms with Crippen molar-refractivity contribution in [3.63, 3.8) is 0 Å². The summed E-state index contributed by atoms with van der Waals surface area (Å²) < 4.78 is 0.926. The van der Waals surface area contributed by atoms with Crippen molar-refractivity contribution in [3.05, 3.63) is 48.6 Å². The van der Waals surface area contributed by atoms with Gasteiger partial charge < -0.3 is 0 Å². The Kier molecular flexibility index (Phi) is 3.07. The van der Waals surface area contributed by atoms with E-state index in [0.29, 0.717) is 11.3 Å². The van der Waals surface area contributed by atoms with Gasteiger partial charge in [0.15, 0.2) is 11.5 Å². The van der Waals surface area contributed by atoms with Gasteiger partial charge in [-0.25, -0.2) is 4.85 Å². The molecule has 0 spiro atoms. The van der Waals surface area contributed by atoms with Crippen LogP contribution in [0.5, 0.6) is 0 Å². The summed E-state index contributed by atoms with van der Waals surface area (Å²) in [6, 6.07) is 0. The molecule has 1 aromatic heterocycles. The smallest absolute Gasteiger partial charge is 0.193 e. The number of fused-ring (bicyclic) bond motifs is 1. The van der Waals surface area contributed by atoms with Crippen molar-refractivity contribution in [1.82, 2.24) is 0 Å². The molecular weight excluding hydrogens is 298 g/mol. The minimum atomic E-state index is 0.0416. The number of halogens is 1. The van der Waals surface area contributed by atoms with Crippen LogP contribution >= 0.6 is 27.3 Å². The van der Waals surface area contributed by atoms with Gasteiger partial charge in [0.25, 0.3) is 0 Å². The second-order valence-corrected chi connectivity index (χ2v) is 6.27. The number of Topliss-reactive ketones (excluding diaryl/α,β-unsaturated/α-hetero) is 1. The van der Waals surface area contributed by atoms with E-state index in [0.717, 1.165) is 26.1 Å². The van der Waals surface area contributed by atoms with Crippen LogP contribution in [0.1, 0.15) is 36.7 Å². The van der Waals surface area contributed by atoms with Crippen LogP contribution < -0.4 is 0 Å². The quantitative estimate of drug-likeness (QED) is 0.503. The monoisotopic (exact) mass is 307 g/mol. The van der Waals surface area contributed by atoms with E-state index < -0.39 is 0 Å². The molecule has 0 bridgehead atoms. The van der Waals surface area contributed by atoms with Crippen LogP contribution in [-0.2, 0) is 0 Å². The Balaban J connectivity index is 2.88. The van der Waals surface area contributed by atoms with Gasteiger partial charge in [0.1, 0.15) is 0 Å². The van der Waals surface area contributed by atoms with E-state index in [2.05, 4.69) is 20.8 Å². The second kappa shape index (κ2) is 4.25. The third kappa shape index (κ3) is 1.70. The maximum atomic E-state index is 12.3. The second-order valence-electron chi connectivity index (χ2n) is 4.07. The summed E-state index contributed by atoms with van der Waals surface area (Å²) in [5.41, 5.74) is 4.64. The topological polar surface area (TPSA) is 21.4 Å². The average molecular weight is 308 g/mol. The Hall–Kier alpha value is -1.18. The molecule has 0 saturated carbocycles. The lowest BCUT2D eigenvalue weighted by Gasteiger charge is -2.05. The van der Waals surface area contributed by atoms with Crippen molar-refractivity contribution in [3.8, 4) is 0 Å². The summed E-state index contributed by atoms with van der Waals surface area (Å²) >= 11 is 4.96. The van der Waals surface area contributed by atoms with Gasteiger partial charge >= 0.3 is 0 Å². The minimum Gasteiger partial charge on any atom is -0.289 e. The Morgan fingerprint density at radius 2 is 2.00 bits per heavy atom. The van der Waals surface area contributed by atoms with Gasteiger partial charge in [-0.15, -0.1) is 11.3 Å². The first kappa shape index (κ1) is 12.3. The van der Waals surface area contributed by atoms with Crippen molar-refractivity contribution >= 4 is 38.6 Å². The lowest BCUT2D eigenvalue weighted by atomic mass is 10.0. The molecule has 2 rings (SSSR count). The Bertz CT molecular complexity index is 624. The minimum absolute atomic E-state index is 0.0416. The highest BCUT2D eigenvalue weighted by Crippen LogP contribution is 2.46. The van der Waals surface area contributed by atoms with E-state index in [4.69, 9.17) is 6.57 Å². The fourth-order valence-corrected chi connectivity index (χ4v) is 3.47. The summed E-state index contributed by atoms with van der Waals surface area (Å²) in [6.07, 6.45) is 0. The highest BCUT2D eigenvalue weighted by molar-refractivity contribution is 9.11. The molecule has 0 amide bonds. The van der Waals surface area contributed by atoms with Crippen LogP contribution in [0.15, 0.2) is 26.0 Å². The van der Waals surface area contributed by atoms with Gasteiger partial charge in [-0.05, 0) is 42.3 Å². The maximum Gasteiger partial charge on any atom is 0.193 e. The summed E-state index contributed by atoms with van der Waals surface area (Å²) in [5.74, 6) is 0.0416. The van der Waals surface area contributed by atoms with Crippen LogP contribution in [0.3, 0.4) is 0 Å². The first-order chi connectivity index (χ1) is 7.99. The van der Waals surface area contributed by atoms with Crippen molar-refractivity contribution in [2.45, 2.75) is 20.8 Å². The number of hydrogen-bond acceptors (Lipinski definition) is 2. The zero-order valence-corrected chi connectivity index (χ0v) is 12.1. The third-order valence-electron chi connectivity index (χ3n) is 2.75. The van der Waals surface area contributed by atoms with E-state index in [1.807, 2.05) is 19.2 Å². The van der Waals surface area contributed by atoms with Gasteiger partial charge in [-0.1, -0.05) is 5.57 Å². The molecule has 1 heterocycles. The highest BCUT2D eigenvalue weighted by atomic mass is 79.9. The number of carbonyl (C=O) groups is 1. The summed E-state index contributed by atoms with van der Waals surface area (Å²) in [5, 5.41) is 1.86. The van der Waals surface area contributed by atoms with Crippen molar-refractivity contribution < 1.29 is 4.79 Å². The van der Waals surface area contributed by atoms with Crippen LogP contribution in [0.4, 0.5) is 0 Å². The standard InChI is InChI=1S/C13H10BrNOS/c1-6(2)9-10(7(3)15-4)11-8(12(9)16)5-17-13(11)14/h5H,1-3H3/b10-7-. The van der Waals surface area contributed by atoms with Crippen LogP contribution in [0.2, 0.25) is 0 Å². The molecule has 86 valence electrons. The Morgan fingerprint density at radius 1 is 1.35 bits per heavy atom. The molecule has 17 heavy (non-hydrogen) atoms. The van der Waals surface area contributed by atoms with E-state index in [9.17, 15) is 4.79 Å².